The summed E-state index contributed by atoms with van der Waals surface area (Å²) in [5, 5.41) is 23.7. The van der Waals surface area contributed by atoms with Crippen LogP contribution in [0.25, 0.3) is 0 Å². The zero-order chi connectivity index (χ0) is 19.6. The molecule has 4 amide bonds. The highest BCUT2D eigenvalue weighted by molar-refractivity contribution is 5.95. The van der Waals surface area contributed by atoms with E-state index in [2.05, 4.69) is 5.32 Å². The lowest BCUT2D eigenvalue weighted by Gasteiger charge is -2.20. The number of primary amides is 1. The Hall–Kier alpha value is -3.22. The van der Waals surface area contributed by atoms with Crippen molar-refractivity contribution in [2.24, 2.45) is 11.5 Å². The summed E-state index contributed by atoms with van der Waals surface area (Å²) in [5.74, 6) is -6.71. The third-order valence-corrected chi connectivity index (χ3v) is 2.68. The average molecular weight is 361 g/mol. The zero-order valence-electron chi connectivity index (χ0n) is 13.0. The zero-order valence-corrected chi connectivity index (χ0v) is 13.0. The minimum atomic E-state index is -1.69. The lowest BCUT2D eigenvalue weighted by Crippen LogP contribution is -2.54. The van der Waals surface area contributed by atoms with Crippen LogP contribution in [0, 0.1) is 0 Å². The van der Waals surface area contributed by atoms with Gasteiger partial charge in [-0.25, -0.2) is 4.79 Å². The summed E-state index contributed by atoms with van der Waals surface area (Å²) in [6, 6.07) is -3.32. The van der Waals surface area contributed by atoms with Crippen LogP contribution in [0.1, 0.15) is 12.8 Å². The number of aliphatic carboxylic acids is 2. The van der Waals surface area contributed by atoms with E-state index in [0.717, 1.165) is 0 Å². The first-order chi connectivity index (χ1) is 11.6. The van der Waals surface area contributed by atoms with Crippen molar-refractivity contribution >= 4 is 35.6 Å². The van der Waals surface area contributed by atoms with Crippen molar-refractivity contribution in [1.29, 1.82) is 0 Å². The molecule has 0 aromatic carbocycles. The van der Waals surface area contributed by atoms with Crippen LogP contribution in [0.3, 0.4) is 0 Å². The van der Waals surface area contributed by atoms with Gasteiger partial charge in [-0.05, 0) is 0 Å². The highest BCUT2D eigenvalue weighted by Gasteiger charge is 2.29. The molecular weight excluding hydrogens is 342 g/mol. The molecule has 0 aliphatic carbocycles. The molecule has 2 unspecified atom stereocenters. The van der Waals surface area contributed by atoms with Crippen LogP contribution in [0.15, 0.2) is 0 Å². The number of carbonyl (C=O) groups excluding carboxylic acids is 4. The highest BCUT2D eigenvalue weighted by Crippen LogP contribution is 1.98. The number of hydrogen-bond donors (Lipinski definition) is 7. The fraction of sp³-hybridized carbons (Fsp3) is 0.500. The molecule has 0 aliphatic rings. The summed E-state index contributed by atoms with van der Waals surface area (Å²) in [7, 11) is 0. The second kappa shape index (κ2) is 10.5. The first-order valence-electron chi connectivity index (χ1n) is 6.86. The molecule has 25 heavy (non-hydrogen) atoms. The van der Waals surface area contributed by atoms with Gasteiger partial charge in [0.15, 0.2) is 0 Å². The van der Waals surface area contributed by atoms with Gasteiger partial charge >= 0.3 is 11.9 Å². The third-order valence-electron chi connectivity index (χ3n) is 2.68. The molecule has 0 spiro atoms. The van der Waals surface area contributed by atoms with Gasteiger partial charge in [-0.3, -0.25) is 24.0 Å². The van der Waals surface area contributed by atoms with E-state index in [0.29, 0.717) is 0 Å². The Morgan fingerprint density at radius 3 is 1.92 bits per heavy atom. The quantitative estimate of drug-likeness (QED) is 0.187. The Morgan fingerprint density at radius 1 is 0.880 bits per heavy atom. The maximum atomic E-state index is 12.0. The summed E-state index contributed by atoms with van der Waals surface area (Å²) in [4.78, 5) is 67.1. The van der Waals surface area contributed by atoms with Gasteiger partial charge in [0.1, 0.15) is 12.1 Å². The second-order valence-electron chi connectivity index (χ2n) is 4.77. The van der Waals surface area contributed by atoms with E-state index in [-0.39, 0.29) is 6.54 Å². The number of carboxylic acids is 2. The minimum Gasteiger partial charge on any atom is -0.481 e. The van der Waals surface area contributed by atoms with Crippen LogP contribution in [0.4, 0.5) is 0 Å². The SMILES string of the molecule is NCC(=O)NCC(=O)NC(CC(=O)O)C(=O)NC(CC(N)=O)C(=O)O. The van der Waals surface area contributed by atoms with Crippen molar-refractivity contribution in [3.8, 4) is 0 Å². The molecule has 0 aliphatic heterocycles. The summed E-state index contributed by atoms with van der Waals surface area (Å²) in [6.07, 6.45) is -1.58. The molecular formula is C12H19N5O8. The monoisotopic (exact) mass is 361 g/mol. The van der Waals surface area contributed by atoms with Crippen LogP contribution < -0.4 is 27.4 Å². The smallest absolute Gasteiger partial charge is 0.326 e. The fourth-order valence-corrected chi connectivity index (χ4v) is 1.55. The number of carboxylic acid groups (broad SMARTS) is 2. The second-order valence-corrected chi connectivity index (χ2v) is 4.77. The fourth-order valence-electron chi connectivity index (χ4n) is 1.55. The molecule has 13 nitrogen and oxygen atoms in total. The third kappa shape index (κ3) is 9.50. The van der Waals surface area contributed by atoms with E-state index in [1.54, 1.807) is 0 Å². The average Bonchev–Trinajstić information content (AvgIpc) is 2.50. The van der Waals surface area contributed by atoms with E-state index in [9.17, 15) is 28.8 Å². The molecule has 0 radical (unpaired) electrons. The lowest BCUT2D eigenvalue weighted by molar-refractivity contribution is -0.144. The predicted octanol–water partition coefficient (Wildman–Crippen LogP) is -4.53. The van der Waals surface area contributed by atoms with Crippen LogP contribution in [-0.4, -0.2) is 71.0 Å². The Labute approximate surface area is 141 Å². The summed E-state index contributed by atoms with van der Waals surface area (Å²) < 4.78 is 0. The van der Waals surface area contributed by atoms with Crippen molar-refractivity contribution < 1.29 is 39.0 Å². The Balaban J connectivity index is 4.93. The maximum absolute atomic E-state index is 12.0. The molecule has 13 heteroatoms. The standard InChI is InChI=1S/C12H19N5O8/c13-3-8(19)15-4-9(20)16-5(2-10(21)22)11(23)17-6(12(24)25)1-7(14)18/h5-6H,1-4,13H2,(H2,14,18)(H,15,19)(H,16,20)(H,17,23)(H,21,22)(H,24,25). The van der Waals surface area contributed by atoms with Crippen molar-refractivity contribution in [2.75, 3.05) is 13.1 Å². The molecule has 2 atom stereocenters. The number of carbonyl (C=O) groups is 6. The van der Waals surface area contributed by atoms with Crippen molar-refractivity contribution in [3.05, 3.63) is 0 Å². The number of hydrogen-bond acceptors (Lipinski definition) is 7. The normalized spacial score (nSPS) is 12.4. The molecule has 140 valence electrons. The Morgan fingerprint density at radius 2 is 1.48 bits per heavy atom. The lowest BCUT2D eigenvalue weighted by atomic mass is 10.1. The largest absolute Gasteiger partial charge is 0.481 e. The summed E-state index contributed by atoms with van der Waals surface area (Å²) in [6.45, 7) is -0.942. The van der Waals surface area contributed by atoms with Gasteiger partial charge in [-0.15, -0.1) is 0 Å². The summed E-state index contributed by atoms with van der Waals surface area (Å²) in [5.41, 5.74) is 9.88. The van der Waals surface area contributed by atoms with E-state index < -0.39 is 67.0 Å². The molecule has 0 fully saturated rings. The molecule has 0 heterocycles. The number of rotatable bonds is 11. The van der Waals surface area contributed by atoms with Gasteiger partial charge in [0.25, 0.3) is 0 Å². The highest BCUT2D eigenvalue weighted by atomic mass is 16.4. The van der Waals surface area contributed by atoms with E-state index in [4.69, 9.17) is 21.7 Å². The van der Waals surface area contributed by atoms with Gasteiger partial charge in [-0.1, -0.05) is 0 Å². The number of nitrogens with two attached hydrogens (primary N) is 2. The minimum absolute atomic E-state index is 0.375. The van der Waals surface area contributed by atoms with Crippen LogP contribution in [-0.2, 0) is 28.8 Å². The van der Waals surface area contributed by atoms with E-state index in [1.165, 1.54) is 0 Å². The van der Waals surface area contributed by atoms with E-state index in [1.807, 2.05) is 10.6 Å². The first-order valence-corrected chi connectivity index (χ1v) is 6.86. The van der Waals surface area contributed by atoms with Crippen molar-refractivity contribution in [3.63, 3.8) is 0 Å². The summed E-state index contributed by atoms with van der Waals surface area (Å²) >= 11 is 0. The van der Waals surface area contributed by atoms with Crippen molar-refractivity contribution in [2.45, 2.75) is 24.9 Å². The molecule has 9 N–H and O–H groups in total. The van der Waals surface area contributed by atoms with Crippen LogP contribution in [0.5, 0.6) is 0 Å². The van der Waals surface area contributed by atoms with Gasteiger partial charge < -0.3 is 37.6 Å². The van der Waals surface area contributed by atoms with Gasteiger partial charge in [0.2, 0.25) is 23.6 Å². The number of amides is 4. The predicted molar refractivity (Wildman–Crippen MR) is 79.6 cm³/mol. The molecule has 0 aromatic rings. The molecule has 0 rings (SSSR count). The van der Waals surface area contributed by atoms with Gasteiger partial charge in [0, 0.05) is 0 Å². The van der Waals surface area contributed by atoms with Gasteiger partial charge in [0.05, 0.1) is 25.9 Å². The number of nitrogens with one attached hydrogen (secondary N) is 3. The molecule has 0 aromatic heterocycles. The van der Waals surface area contributed by atoms with Crippen molar-refractivity contribution in [1.82, 2.24) is 16.0 Å². The molecule has 0 saturated carbocycles. The van der Waals surface area contributed by atoms with Crippen LogP contribution >= 0.6 is 0 Å². The Bertz CT molecular complexity index is 564. The molecule has 0 saturated heterocycles. The van der Waals surface area contributed by atoms with E-state index >= 15 is 0 Å². The van der Waals surface area contributed by atoms with Gasteiger partial charge in [-0.2, -0.15) is 0 Å². The Kier molecular flexibility index (Phi) is 9.18. The first kappa shape index (κ1) is 21.8. The van der Waals surface area contributed by atoms with Crippen LogP contribution in [0.2, 0.25) is 0 Å². The topological polar surface area (TPSA) is 231 Å². The molecule has 0 bridgehead atoms. The maximum Gasteiger partial charge on any atom is 0.326 e.